The number of ether oxygens (including phenoxy) is 1. The van der Waals surface area contributed by atoms with Crippen LogP contribution in [0.25, 0.3) is 6.08 Å². The van der Waals surface area contributed by atoms with Gasteiger partial charge in [0.2, 0.25) is 5.91 Å². The topological polar surface area (TPSA) is 81.4 Å². The minimum atomic E-state index is -0.526. The first-order valence-electron chi connectivity index (χ1n) is 7.51. The third-order valence-electron chi connectivity index (χ3n) is 3.33. The number of hydrogen-bond acceptors (Lipinski definition) is 3. The van der Waals surface area contributed by atoms with E-state index in [-0.39, 0.29) is 12.5 Å². The molecule has 5 nitrogen and oxygen atoms in total. The van der Waals surface area contributed by atoms with E-state index in [4.69, 9.17) is 10.5 Å². The number of carbonyl (C=O) groups is 2. The lowest BCUT2D eigenvalue weighted by molar-refractivity contribution is -0.120. The van der Waals surface area contributed by atoms with Crippen molar-refractivity contribution in [3.63, 3.8) is 0 Å². The molecule has 2 aromatic rings. The van der Waals surface area contributed by atoms with E-state index in [0.29, 0.717) is 5.75 Å². The zero-order valence-corrected chi connectivity index (χ0v) is 13.7. The van der Waals surface area contributed by atoms with Crippen molar-refractivity contribution in [2.45, 2.75) is 13.8 Å². The molecule has 0 aliphatic rings. The lowest BCUT2D eigenvalue weighted by Gasteiger charge is -2.07. The summed E-state index contributed by atoms with van der Waals surface area (Å²) in [7, 11) is 0. The molecule has 0 heterocycles. The van der Waals surface area contributed by atoms with Crippen LogP contribution in [0.15, 0.2) is 48.5 Å². The standard InChI is InChI=1S/C19H20N2O3/c1-13-3-9-17(14(2)11-13)21-19(23)10-6-15-4-7-16(8-5-15)24-12-18(20)22/h3-11H,12H2,1-2H3,(H2,20,22)(H,21,23). The van der Waals surface area contributed by atoms with Crippen LogP contribution in [-0.2, 0) is 9.59 Å². The molecule has 24 heavy (non-hydrogen) atoms. The van der Waals surface area contributed by atoms with Gasteiger partial charge in [0.05, 0.1) is 0 Å². The minimum Gasteiger partial charge on any atom is -0.484 e. The molecule has 0 aliphatic carbocycles. The fraction of sp³-hybridized carbons (Fsp3) is 0.158. The maximum Gasteiger partial charge on any atom is 0.255 e. The van der Waals surface area contributed by atoms with Gasteiger partial charge in [-0.05, 0) is 49.2 Å². The molecule has 0 radical (unpaired) electrons. The summed E-state index contributed by atoms with van der Waals surface area (Å²) in [6.45, 7) is 3.81. The Kier molecular flexibility index (Phi) is 5.73. The maximum absolute atomic E-state index is 12.0. The highest BCUT2D eigenvalue weighted by Crippen LogP contribution is 2.16. The van der Waals surface area contributed by atoms with Crippen LogP contribution in [0.5, 0.6) is 5.75 Å². The SMILES string of the molecule is Cc1ccc(NC(=O)C=Cc2ccc(OCC(N)=O)cc2)c(C)c1. The van der Waals surface area contributed by atoms with Gasteiger partial charge in [-0.2, -0.15) is 0 Å². The first-order valence-corrected chi connectivity index (χ1v) is 7.51. The van der Waals surface area contributed by atoms with Gasteiger partial charge in [-0.15, -0.1) is 0 Å². The molecule has 2 rings (SSSR count). The molecule has 0 atom stereocenters. The van der Waals surface area contributed by atoms with Crippen LogP contribution in [0.1, 0.15) is 16.7 Å². The van der Waals surface area contributed by atoms with Gasteiger partial charge in [0.15, 0.2) is 6.61 Å². The highest BCUT2D eigenvalue weighted by Gasteiger charge is 2.02. The monoisotopic (exact) mass is 324 g/mol. The second-order valence-corrected chi connectivity index (χ2v) is 5.46. The third-order valence-corrected chi connectivity index (χ3v) is 3.33. The molecule has 3 N–H and O–H groups in total. The molecule has 0 bridgehead atoms. The highest BCUT2D eigenvalue weighted by molar-refractivity contribution is 6.02. The normalized spacial score (nSPS) is 10.6. The number of primary amides is 1. The third kappa shape index (κ3) is 5.28. The Morgan fingerprint density at radius 2 is 1.83 bits per heavy atom. The molecule has 2 amide bonds. The van der Waals surface area contributed by atoms with Gasteiger partial charge in [-0.25, -0.2) is 0 Å². The van der Waals surface area contributed by atoms with Gasteiger partial charge < -0.3 is 15.8 Å². The summed E-state index contributed by atoms with van der Waals surface area (Å²) in [5.74, 6) is -0.177. The Morgan fingerprint density at radius 1 is 1.12 bits per heavy atom. The first-order chi connectivity index (χ1) is 11.4. The average molecular weight is 324 g/mol. The average Bonchev–Trinajstić information content (AvgIpc) is 2.54. The quantitative estimate of drug-likeness (QED) is 0.802. The Labute approximate surface area is 141 Å². The van der Waals surface area contributed by atoms with Crippen molar-refractivity contribution in [1.29, 1.82) is 0 Å². The van der Waals surface area contributed by atoms with Crippen LogP contribution in [0.2, 0.25) is 0 Å². The van der Waals surface area contributed by atoms with Gasteiger partial charge in [-0.3, -0.25) is 9.59 Å². The predicted molar refractivity (Wildman–Crippen MR) is 94.7 cm³/mol. The van der Waals surface area contributed by atoms with Crippen LogP contribution in [0.3, 0.4) is 0 Å². The minimum absolute atomic E-state index is 0.159. The molecular weight excluding hydrogens is 304 g/mol. The molecule has 5 heteroatoms. The van der Waals surface area contributed by atoms with Gasteiger partial charge in [0, 0.05) is 11.8 Å². The van der Waals surface area contributed by atoms with Crippen molar-refractivity contribution in [3.05, 3.63) is 65.2 Å². The molecule has 0 aromatic heterocycles. The number of hydrogen-bond donors (Lipinski definition) is 2. The second kappa shape index (κ2) is 7.97. The van der Waals surface area contributed by atoms with Crippen molar-refractivity contribution in [2.75, 3.05) is 11.9 Å². The largest absolute Gasteiger partial charge is 0.484 e. The fourth-order valence-corrected chi connectivity index (χ4v) is 2.13. The molecule has 0 fully saturated rings. The number of rotatable bonds is 6. The predicted octanol–water partition coefficient (Wildman–Crippen LogP) is 2.82. The van der Waals surface area contributed by atoms with Gasteiger partial charge in [-0.1, -0.05) is 29.8 Å². The smallest absolute Gasteiger partial charge is 0.255 e. The zero-order chi connectivity index (χ0) is 17.5. The zero-order valence-electron chi connectivity index (χ0n) is 13.7. The number of nitrogens with one attached hydrogen (secondary N) is 1. The van der Waals surface area contributed by atoms with Crippen LogP contribution in [0, 0.1) is 13.8 Å². The molecule has 0 aliphatic heterocycles. The second-order valence-electron chi connectivity index (χ2n) is 5.46. The summed E-state index contributed by atoms with van der Waals surface area (Å²) >= 11 is 0. The summed E-state index contributed by atoms with van der Waals surface area (Å²) in [5, 5.41) is 2.85. The number of anilines is 1. The summed E-state index contributed by atoms with van der Waals surface area (Å²) in [6, 6.07) is 12.9. The van der Waals surface area contributed by atoms with E-state index in [1.165, 1.54) is 6.08 Å². The Hall–Kier alpha value is -3.08. The number of amides is 2. The van der Waals surface area contributed by atoms with Crippen LogP contribution in [-0.4, -0.2) is 18.4 Å². The van der Waals surface area contributed by atoms with Crippen molar-refractivity contribution in [1.82, 2.24) is 0 Å². The first kappa shape index (κ1) is 17.3. The molecule has 0 unspecified atom stereocenters. The van der Waals surface area contributed by atoms with Crippen molar-refractivity contribution < 1.29 is 14.3 Å². The summed E-state index contributed by atoms with van der Waals surface area (Å²) in [6.07, 6.45) is 3.18. The van der Waals surface area contributed by atoms with E-state index in [1.54, 1.807) is 30.3 Å². The maximum atomic E-state index is 12.0. The number of carbonyl (C=O) groups excluding carboxylic acids is 2. The summed E-state index contributed by atoms with van der Waals surface area (Å²) < 4.78 is 5.17. The molecule has 2 aromatic carbocycles. The number of aryl methyl sites for hydroxylation is 2. The van der Waals surface area contributed by atoms with E-state index >= 15 is 0 Å². The lowest BCUT2D eigenvalue weighted by Crippen LogP contribution is -2.19. The number of nitrogens with two attached hydrogens (primary N) is 1. The van der Waals surface area contributed by atoms with Gasteiger partial charge in [0.1, 0.15) is 5.75 Å². The molecule has 124 valence electrons. The molecular formula is C19H20N2O3. The summed E-state index contributed by atoms with van der Waals surface area (Å²) in [5.41, 5.74) is 8.83. The van der Waals surface area contributed by atoms with Crippen molar-refractivity contribution in [2.24, 2.45) is 5.73 Å². The van der Waals surface area contributed by atoms with Gasteiger partial charge >= 0.3 is 0 Å². The fourth-order valence-electron chi connectivity index (χ4n) is 2.13. The van der Waals surface area contributed by atoms with Crippen molar-refractivity contribution in [3.8, 4) is 5.75 Å². The number of benzene rings is 2. The van der Waals surface area contributed by atoms with Crippen LogP contribution < -0.4 is 15.8 Å². The Balaban J connectivity index is 1.94. The van der Waals surface area contributed by atoms with Crippen LogP contribution >= 0.6 is 0 Å². The van der Waals surface area contributed by atoms with Crippen LogP contribution in [0.4, 0.5) is 5.69 Å². The highest BCUT2D eigenvalue weighted by atomic mass is 16.5. The van der Waals surface area contributed by atoms with E-state index in [0.717, 1.165) is 22.4 Å². The summed E-state index contributed by atoms with van der Waals surface area (Å²) in [4.78, 5) is 22.6. The molecule has 0 spiro atoms. The van der Waals surface area contributed by atoms with E-state index < -0.39 is 5.91 Å². The Morgan fingerprint density at radius 3 is 2.46 bits per heavy atom. The van der Waals surface area contributed by atoms with E-state index in [9.17, 15) is 9.59 Å². The molecule has 0 saturated carbocycles. The van der Waals surface area contributed by atoms with E-state index in [2.05, 4.69) is 5.32 Å². The molecule has 0 saturated heterocycles. The van der Waals surface area contributed by atoms with Crippen molar-refractivity contribution >= 4 is 23.6 Å². The lowest BCUT2D eigenvalue weighted by atomic mass is 10.1. The Bertz CT molecular complexity index is 765. The van der Waals surface area contributed by atoms with Gasteiger partial charge in [0.25, 0.3) is 5.91 Å². The van der Waals surface area contributed by atoms with E-state index in [1.807, 2.05) is 32.0 Å².